The Morgan fingerprint density at radius 1 is 1.14 bits per heavy atom. The molecule has 2 bridgehead atoms. The van der Waals surface area contributed by atoms with E-state index in [9.17, 15) is 9.90 Å². The minimum Gasteiger partial charge on any atom is -0.389 e. The summed E-state index contributed by atoms with van der Waals surface area (Å²) in [6.45, 7) is 3.87. The Kier molecular flexibility index (Phi) is 2.73. The Morgan fingerprint density at radius 2 is 1.86 bits per heavy atom. The Morgan fingerprint density at radius 3 is 2.59 bits per heavy atom. The molecule has 3 heteroatoms. The summed E-state index contributed by atoms with van der Waals surface area (Å²) in [6.07, 6.45) is 0.580. The van der Waals surface area contributed by atoms with Gasteiger partial charge in [0.15, 0.2) is 0 Å². The van der Waals surface area contributed by atoms with Crippen LogP contribution in [0.2, 0.25) is 0 Å². The average Bonchev–Trinajstić information content (AvgIpc) is 2.47. The summed E-state index contributed by atoms with van der Waals surface area (Å²) < 4.78 is 0. The molecule has 22 heavy (non-hydrogen) atoms. The highest BCUT2D eigenvalue weighted by Gasteiger charge is 2.55. The van der Waals surface area contributed by atoms with Crippen molar-refractivity contribution in [1.82, 2.24) is 0 Å². The Bertz CT molecular complexity index is 751. The second-order valence-corrected chi connectivity index (χ2v) is 6.63. The molecule has 1 fully saturated rings. The smallest absolute Gasteiger partial charge is 0.238 e. The van der Waals surface area contributed by atoms with Crippen LogP contribution in [0, 0.1) is 6.92 Å². The second-order valence-electron chi connectivity index (χ2n) is 6.63. The van der Waals surface area contributed by atoms with Crippen LogP contribution < -0.4 is 4.90 Å². The minimum absolute atomic E-state index is 0.00514. The molecule has 0 aromatic heterocycles. The molecule has 0 spiro atoms. The standard InChI is InChI=1S/C19H19NO2/c1-12-7-6-10-14-16(12)15-11-19(2,22)17(14)18(21)20(15)13-8-4-3-5-9-13/h3-10,15,17,22H,11H2,1-2H3/t15-,17+,19+/m1/s1. The van der Waals surface area contributed by atoms with E-state index in [0.717, 1.165) is 11.3 Å². The van der Waals surface area contributed by atoms with Gasteiger partial charge in [-0.25, -0.2) is 0 Å². The first-order valence-electron chi connectivity index (χ1n) is 7.70. The van der Waals surface area contributed by atoms with Gasteiger partial charge in [-0.1, -0.05) is 36.4 Å². The number of piperidine rings is 1. The SMILES string of the molecule is Cc1cccc2c1[C@H]1C[C@](C)(O)[C@@H]2C(=O)N1c1ccccc1. The van der Waals surface area contributed by atoms with Crippen LogP contribution >= 0.6 is 0 Å². The van der Waals surface area contributed by atoms with Crippen molar-refractivity contribution in [3.8, 4) is 0 Å². The van der Waals surface area contributed by atoms with Gasteiger partial charge in [-0.15, -0.1) is 0 Å². The van der Waals surface area contributed by atoms with Gasteiger partial charge in [0.25, 0.3) is 0 Å². The lowest BCUT2D eigenvalue weighted by Gasteiger charge is -2.53. The number of aryl methyl sites for hydroxylation is 1. The maximum atomic E-state index is 13.0. The monoisotopic (exact) mass is 293 g/mol. The van der Waals surface area contributed by atoms with E-state index < -0.39 is 11.5 Å². The maximum absolute atomic E-state index is 13.0. The molecule has 2 aromatic rings. The molecule has 3 aliphatic rings. The third kappa shape index (κ3) is 1.69. The number of amides is 1. The van der Waals surface area contributed by atoms with E-state index in [1.807, 2.05) is 47.4 Å². The van der Waals surface area contributed by atoms with Crippen LogP contribution in [0.15, 0.2) is 48.5 Å². The zero-order chi connectivity index (χ0) is 15.5. The number of benzene rings is 2. The van der Waals surface area contributed by atoms with Crippen molar-refractivity contribution in [3.63, 3.8) is 0 Å². The summed E-state index contributed by atoms with van der Waals surface area (Å²) in [5, 5.41) is 10.8. The number of para-hydroxylation sites is 1. The van der Waals surface area contributed by atoms with Crippen LogP contribution in [-0.4, -0.2) is 16.6 Å². The first-order chi connectivity index (χ1) is 10.5. The fourth-order valence-electron chi connectivity index (χ4n) is 4.16. The number of carbonyl (C=O) groups is 1. The average molecular weight is 293 g/mol. The van der Waals surface area contributed by atoms with Gasteiger partial charge in [0.2, 0.25) is 5.91 Å². The molecule has 1 saturated heterocycles. The van der Waals surface area contributed by atoms with Gasteiger partial charge < -0.3 is 10.0 Å². The Balaban J connectivity index is 1.95. The number of hydrogen-bond donors (Lipinski definition) is 1. The van der Waals surface area contributed by atoms with Crippen molar-refractivity contribution in [2.45, 2.75) is 37.8 Å². The summed E-state index contributed by atoms with van der Waals surface area (Å²) in [7, 11) is 0. The highest BCUT2D eigenvalue weighted by Crippen LogP contribution is 2.54. The Hall–Kier alpha value is -2.13. The molecule has 2 aliphatic heterocycles. The van der Waals surface area contributed by atoms with Crippen LogP contribution in [0.4, 0.5) is 5.69 Å². The normalized spacial score (nSPS) is 29.6. The third-order valence-electron chi connectivity index (χ3n) is 5.06. The van der Waals surface area contributed by atoms with E-state index >= 15 is 0 Å². The molecular formula is C19H19NO2. The highest BCUT2D eigenvalue weighted by atomic mass is 16.3. The van der Waals surface area contributed by atoms with Crippen molar-refractivity contribution in [2.75, 3.05) is 4.90 Å². The van der Waals surface area contributed by atoms with Crippen LogP contribution in [-0.2, 0) is 4.79 Å². The van der Waals surface area contributed by atoms with Crippen molar-refractivity contribution in [3.05, 3.63) is 65.2 Å². The van der Waals surface area contributed by atoms with E-state index in [1.165, 1.54) is 11.1 Å². The molecule has 1 amide bonds. The van der Waals surface area contributed by atoms with Gasteiger partial charge >= 0.3 is 0 Å². The van der Waals surface area contributed by atoms with Crippen LogP contribution in [0.3, 0.4) is 0 Å². The molecular weight excluding hydrogens is 274 g/mol. The van der Waals surface area contributed by atoms with E-state index in [-0.39, 0.29) is 11.9 Å². The molecule has 3 atom stereocenters. The lowest BCUT2D eigenvalue weighted by molar-refractivity contribution is -0.132. The van der Waals surface area contributed by atoms with Crippen molar-refractivity contribution < 1.29 is 9.90 Å². The number of fused-ring (bicyclic) bond motifs is 2. The number of carbonyl (C=O) groups excluding carboxylic acids is 1. The molecule has 0 radical (unpaired) electrons. The molecule has 2 aromatic carbocycles. The van der Waals surface area contributed by atoms with Crippen LogP contribution in [0.25, 0.3) is 0 Å². The van der Waals surface area contributed by atoms with E-state index in [1.54, 1.807) is 6.92 Å². The first-order valence-corrected chi connectivity index (χ1v) is 7.70. The van der Waals surface area contributed by atoms with Gasteiger partial charge in [0.05, 0.1) is 17.6 Å². The number of anilines is 1. The van der Waals surface area contributed by atoms with Gasteiger partial charge in [-0.05, 0) is 42.7 Å². The van der Waals surface area contributed by atoms with E-state index in [4.69, 9.17) is 0 Å². The fraction of sp³-hybridized carbons (Fsp3) is 0.316. The quantitative estimate of drug-likeness (QED) is 0.876. The van der Waals surface area contributed by atoms with Crippen LogP contribution in [0.5, 0.6) is 0 Å². The van der Waals surface area contributed by atoms with Gasteiger partial charge in [-0.3, -0.25) is 4.79 Å². The summed E-state index contributed by atoms with van der Waals surface area (Å²) in [4.78, 5) is 14.9. The molecule has 0 saturated carbocycles. The number of rotatable bonds is 1. The van der Waals surface area contributed by atoms with E-state index in [2.05, 4.69) is 13.0 Å². The number of aliphatic hydroxyl groups is 1. The lowest BCUT2D eigenvalue weighted by Crippen LogP contribution is -2.58. The summed E-state index contributed by atoms with van der Waals surface area (Å²) in [5.74, 6) is -0.474. The predicted molar refractivity (Wildman–Crippen MR) is 85.8 cm³/mol. The number of nitrogens with zero attached hydrogens (tertiary/aromatic N) is 1. The molecule has 2 heterocycles. The molecule has 3 nitrogen and oxygen atoms in total. The largest absolute Gasteiger partial charge is 0.389 e. The number of hydrogen-bond acceptors (Lipinski definition) is 2. The first kappa shape index (κ1) is 13.5. The van der Waals surface area contributed by atoms with Crippen molar-refractivity contribution in [2.24, 2.45) is 0 Å². The van der Waals surface area contributed by atoms with Gasteiger partial charge in [0, 0.05) is 12.1 Å². The van der Waals surface area contributed by atoms with E-state index in [0.29, 0.717) is 6.42 Å². The zero-order valence-electron chi connectivity index (χ0n) is 12.8. The van der Waals surface area contributed by atoms with Crippen LogP contribution in [0.1, 0.15) is 42.0 Å². The van der Waals surface area contributed by atoms with Crippen molar-refractivity contribution >= 4 is 11.6 Å². The fourth-order valence-corrected chi connectivity index (χ4v) is 4.16. The van der Waals surface area contributed by atoms with Crippen molar-refractivity contribution in [1.29, 1.82) is 0 Å². The third-order valence-corrected chi connectivity index (χ3v) is 5.06. The second kappa shape index (κ2) is 4.43. The lowest BCUT2D eigenvalue weighted by atomic mass is 9.65. The predicted octanol–water partition coefficient (Wildman–Crippen LogP) is 3.32. The summed E-state index contributed by atoms with van der Waals surface area (Å²) >= 11 is 0. The topological polar surface area (TPSA) is 40.5 Å². The summed E-state index contributed by atoms with van der Waals surface area (Å²) in [6, 6.07) is 15.7. The Labute approximate surface area is 130 Å². The van der Waals surface area contributed by atoms with Gasteiger partial charge in [0.1, 0.15) is 0 Å². The summed E-state index contributed by atoms with van der Waals surface area (Å²) in [5.41, 5.74) is 3.33. The molecule has 0 unspecified atom stereocenters. The molecule has 112 valence electrons. The van der Waals surface area contributed by atoms with Gasteiger partial charge in [-0.2, -0.15) is 0 Å². The highest BCUT2D eigenvalue weighted by molar-refractivity contribution is 6.03. The maximum Gasteiger partial charge on any atom is 0.238 e. The minimum atomic E-state index is -0.978. The molecule has 1 N–H and O–H groups in total. The molecule has 1 aliphatic carbocycles. The molecule has 5 rings (SSSR count). The zero-order valence-corrected chi connectivity index (χ0v) is 12.8.